The van der Waals surface area contributed by atoms with E-state index in [9.17, 15) is 4.79 Å². The lowest BCUT2D eigenvalue weighted by molar-refractivity contribution is -0.134. The van der Waals surface area contributed by atoms with Crippen molar-refractivity contribution in [2.45, 2.75) is 32.2 Å². The van der Waals surface area contributed by atoms with Gasteiger partial charge in [-0.15, -0.1) is 0 Å². The molecule has 1 aromatic carbocycles. The van der Waals surface area contributed by atoms with Gasteiger partial charge in [-0.3, -0.25) is 4.79 Å². The molecule has 1 aromatic rings. The Morgan fingerprint density at radius 1 is 1.47 bits per heavy atom. The Hall–Kier alpha value is -1.06. The van der Waals surface area contributed by atoms with Crippen LogP contribution in [-0.4, -0.2) is 30.4 Å². The smallest absolute Gasteiger partial charge is 0.223 e. The van der Waals surface area contributed by atoms with Gasteiger partial charge in [0.1, 0.15) is 0 Å². The molecule has 1 aliphatic rings. The van der Waals surface area contributed by atoms with Crippen LogP contribution in [0.4, 0.5) is 0 Å². The minimum atomic E-state index is 0.0619. The Labute approximate surface area is 119 Å². The van der Waals surface area contributed by atoms with Crippen LogP contribution < -0.4 is 5.32 Å². The Morgan fingerprint density at radius 2 is 2.26 bits per heavy atom. The fourth-order valence-electron chi connectivity index (χ4n) is 2.50. The largest absolute Gasteiger partial charge is 0.333 e. The summed E-state index contributed by atoms with van der Waals surface area (Å²) in [5, 5.41) is 4.09. The third-order valence-corrected chi connectivity index (χ3v) is 3.92. The van der Waals surface area contributed by atoms with Gasteiger partial charge in [0.25, 0.3) is 0 Å². The predicted octanol–water partition coefficient (Wildman–Crippen LogP) is 3.00. The van der Waals surface area contributed by atoms with E-state index in [2.05, 4.69) is 12.2 Å². The first-order chi connectivity index (χ1) is 9.24. The van der Waals surface area contributed by atoms with Crippen LogP contribution in [0.3, 0.4) is 0 Å². The molecule has 3 nitrogen and oxygen atoms in total. The topological polar surface area (TPSA) is 32.3 Å². The van der Waals surface area contributed by atoms with Gasteiger partial charge < -0.3 is 10.2 Å². The van der Waals surface area contributed by atoms with Crippen LogP contribution in [-0.2, 0) is 4.79 Å². The van der Waals surface area contributed by atoms with Crippen LogP contribution in [0.2, 0.25) is 5.02 Å². The van der Waals surface area contributed by atoms with E-state index in [0.717, 1.165) is 43.1 Å². The maximum atomic E-state index is 12.3. The molecule has 0 bridgehead atoms. The van der Waals surface area contributed by atoms with Gasteiger partial charge in [-0.2, -0.15) is 0 Å². The number of hydrogen-bond acceptors (Lipinski definition) is 2. The normalized spacial score (nSPS) is 19.5. The van der Waals surface area contributed by atoms with Crippen molar-refractivity contribution in [3.8, 4) is 0 Å². The molecule has 0 saturated carbocycles. The first kappa shape index (κ1) is 14.4. The third kappa shape index (κ3) is 3.48. The predicted molar refractivity (Wildman–Crippen MR) is 78.3 cm³/mol. The molecule has 1 amide bonds. The summed E-state index contributed by atoms with van der Waals surface area (Å²) in [6.45, 7) is 4.51. The van der Waals surface area contributed by atoms with E-state index in [0.29, 0.717) is 6.42 Å². The molecule has 1 unspecified atom stereocenters. The number of halogens is 1. The fraction of sp³-hybridized carbons (Fsp3) is 0.533. The van der Waals surface area contributed by atoms with Gasteiger partial charge in [-0.05, 0) is 18.1 Å². The van der Waals surface area contributed by atoms with Crippen LogP contribution in [0.25, 0.3) is 0 Å². The Balaban J connectivity index is 2.16. The summed E-state index contributed by atoms with van der Waals surface area (Å²) >= 11 is 6.27. The van der Waals surface area contributed by atoms with E-state index in [1.54, 1.807) is 0 Å². The van der Waals surface area contributed by atoms with Crippen LogP contribution in [0, 0.1) is 0 Å². The van der Waals surface area contributed by atoms with Crippen LogP contribution in [0.5, 0.6) is 0 Å². The summed E-state index contributed by atoms with van der Waals surface area (Å²) in [6.07, 6.45) is 2.64. The average Bonchev–Trinajstić information content (AvgIpc) is 2.45. The van der Waals surface area contributed by atoms with Crippen molar-refractivity contribution in [2.24, 2.45) is 0 Å². The number of rotatable bonds is 4. The lowest BCUT2D eigenvalue weighted by Crippen LogP contribution is -2.48. The summed E-state index contributed by atoms with van der Waals surface area (Å²) in [7, 11) is 0. The van der Waals surface area contributed by atoms with Crippen molar-refractivity contribution in [1.82, 2.24) is 10.2 Å². The summed E-state index contributed by atoms with van der Waals surface area (Å²) in [4.78, 5) is 14.3. The number of piperazine rings is 1. The molecule has 2 rings (SSSR count). The third-order valence-electron chi connectivity index (χ3n) is 3.57. The van der Waals surface area contributed by atoms with Crippen LogP contribution in [0.15, 0.2) is 24.3 Å². The zero-order valence-corrected chi connectivity index (χ0v) is 12.1. The van der Waals surface area contributed by atoms with E-state index in [1.807, 2.05) is 29.2 Å². The van der Waals surface area contributed by atoms with Gasteiger partial charge >= 0.3 is 0 Å². The second kappa shape index (κ2) is 6.92. The fourth-order valence-corrected chi connectivity index (χ4v) is 2.76. The molecule has 104 valence electrons. The molecule has 0 spiro atoms. The van der Waals surface area contributed by atoms with Gasteiger partial charge in [0.15, 0.2) is 0 Å². The van der Waals surface area contributed by atoms with Gasteiger partial charge in [0, 0.05) is 31.1 Å². The molecular formula is C15H21ClN2O. The molecule has 1 N–H and O–H groups in total. The highest BCUT2D eigenvalue weighted by Crippen LogP contribution is 2.29. The zero-order valence-electron chi connectivity index (χ0n) is 11.4. The number of nitrogens with zero attached hydrogens (tertiary/aromatic N) is 1. The Morgan fingerprint density at radius 3 is 3.00 bits per heavy atom. The van der Waals surface area contributed by atoms with E-state index >= 15 is 0 Å². The average molecular weight is 281 g/mol. The summed E-state index contributed by atoms with van der Waals surface area (Å²) < 4.78 is 0. The van der Waals surface area contributed by atoms with Crippen molar-refractivity contribution in [3.63, 3.8) is 0 Å². The van der Waals surface area contributed by atoms with Crippen molar-refractivity contribution in [2.75, 3.05) is 19.6 Å². The molecule has 0 radical (unpaired) electrons. The highest BCUT2D eigenvalue weighted by atomic mass is 35.5. The van der Waals surface area contributed by atoms with Crippen molar-refractivity contribution in [1.29, 1.82) is 0 Å². The standard InChI is InChI=1S/C15H21ClN2O/c1-2-3-8-15(19)18-10-9-17-11-14(18)12-6-4-5-7-13(12)16/h4-7,14,17H,2-3,8-11H2,1H3. The first-order valence-corrected chi connectivity index (χ1v) is 7.36. The number of hydrogen-bond donors (Lipinski definition) is 1. The molecule has 1 heterocycles. The zero-order chi connectivity index (χ0) is 13.7. The number of carbonyl (C=O) groups is 1. The first-order valence-electron chi connectivity index (χ1n) is 6.98. The minimum Gasteiger partial charge on any atom is -0.333 e. The molecule has 0 aromatic heterocycles. The number of nitrogens with one attached hydrogen (secondary N) is 1. The van der Waals surface area contributed by atoms with Gasteiger partial charge in [0.2, 0.25) is 5.91 Å². The number of benzene rings is 1. The highest BCUT2D eigenvalue weighted by molar-refractivity contribution is 6.31. The second-order valence-electron chi connectivity index (χ2n) is 4.93. The second-order valence-corrected chi connectivity index (χ2v) is 5.34. The van der Waals surface area contributed by atoms with Crippen molar-refractivity contribution < 1.29 is 4.79 Å². The molecule has 0 aliphatic carbocycles. The van der Waals surface area contributed by atoms with E-state index in [1.165, 1.54) is 0 Å². The molecule has 1 fully saturated rings. The lowest BCUT2D eigenvalue weighted by Gasteiger charge is -2.37. The van der Waals surface area contributed by atoms with E-state index < -0.39 is 0 Å². The SMILES string of the molecule is CCCCC(=O)N1CCNCC1c1ccccc1Cl. The van der Waals surface area contributed by atoms with Gasteiger partial charge in [-0.1, -0.05) is 43.1 Å². The highest BCUT2D eigenvalue weighted by Gasteiger charge is 2.28. The number of unbranched alkanes of at least 4 members (excludes halogenated alkanes) is 1. The molecule has 1 atom stereocenters. The molecular weight excluding hydrogens is 260 g/mol. The summed E-state index contributed by atoms with van der Waals surface area (Å²) in [5.74, 6) is 0.244. The van der Waals surface area contributed by atoms with Gasteiger partial charge in [-0.25, -0.2) is 0 Å². The van der Waals surface area contributed by atoms with Crippen LogP contribution in [0.1, 0.15) is 37.8 Å². The molecule has 19 heavy (non-hydrogen) atoms. The van der Waals surface area contributed by atoms with Crippen molar-refractivity contribution >= 4 is 17.5 Å². The van der Waals surface area contributed by atoms with Gasteiger partial charge in [0.05, 0.1) is 6.04 Å². The molecule has 1 saturated heterocycles. The molecule has 4 heteroatoms. The summed E-state index contributed by atoms with van der Waals surface area (Å²) in [5.41, 5.74) is 1.04. The number of carbonyl (C=O) groups excluding carboxylic acids is 1. The van der Waals surface area contributed by atoms with Crippen LogP contribution >= 0.6 is 11.6 Å². The summed E-state index contributed by atoms with van der Waals surface area (Å²) in [6, 6.07) is 7.86. The lowest BCUT2D eigenvalue weighted by atomic mass is 10.0. The van der Waals surface area contributed by atoms with E-state index in [-0.39, 0.29) is 11.9 Å². The quantitative estimate of drug-likeness (QED) is 0.920. The number of amides is 1. The maximum absolute atomic E-state index is 12.3. The van der Waals surface area contributed by atoms with E-state index in [4.69, 9.17) is 11.6 Å². The minimum absolute atomic E-state index is 0.0619. The van der Waals surface area contributed by atoms with Crippen molar-refractivity contribution in [3.05, 3.63) is 34.9 Å². The Kier molecular flexibility index (Phi) is 5.23. The Bertz CT molecular complexity index is 436. The molecule has 1 aliphatic heterocycles. The maximum Gasteiger partial charge on any atom is 0.223 e. The monoisotopic (exact) mass is 280 g/mol.